The largest absolute Gasteiger partial charge is 0.338 e. The van der Waals surface area contributed by atoms with E-state index in [4.69, 9.17) is 16.9 Å². The van der Waals surface area contributed by atoms with Gasteiger partial charge in [0.05, 0.1) is 23.0 Å². The minimum absolute atomic E-state index is 0.0318. The van der Waals surface area contributed by atoms with E-state index in [0.29, 0.717) is 6.54 Å². The van der Waals surface area contributed by atoms with Crippen LogP contribution in [0, 0.1) is 21.4 Å². The SMILES string of the molecule is CCN(CCC#N)C(=O)c1cc([N+](=O)[O-])cnc1Cl. The fourth-order valence-electron chi connectivity index (χ4n) is 1.45. The van der Waals surface area contributed by atoms with E-state index < -0.39 is 10.8 Å². The molecule has 0 saturated carbocycles. The quantitative estimate of drug-likeness (QED) is 0.467. The zero-order chi connectivity index (χ0) is 14.4. The van der Waals surface area contributed by atoms with Crippen LogP contribution < -0.4 is 0 Å². The zero-order valence-electron chi connectivity index (χ0n) is 10.2. The van der Waals surface area contributed by atoms with Gasteiger partial charge in [0.15, 0.2) is 0 Å². The van der Waals surface area contributed by atoms with Gasteiger partial charge in [-0.15, -0.1) is 0 Å². The van der Waals surface area contributed by atoms with Crippen LogP contribution in [-0.2, 0) is 0 Å². The van der Waals surface area contributed by atoms with Gasteiger partial charge in [0, 0.05) is 19.2 Å². The Morgan fingerprint density at radius 2 is 2.37 bits per heavy atom. The summed E-state index contributed by atoms with van der Waals surface area (Å²) in [5.74, 6) is -0.473. The lowest BCUT2D eigenvalue weighted by Crippen LogP contribution is -2.32. The molecule has 0 radical (unpaired) electrons. The van der Waals surface area contributed by atoms with Crippen molar-refractivity contribution in [2.45, 2.75) is 13.3 Å². The highest BCUT2D eigenvalue weighted by Crippen LogP contribution is 2.20. The molecule has 0 aliphatic carbocycles. The summed E-state index contributed by atoms with van der Waals surface area (Å²) in [6, 6.07) is 3.02. The fraction of sp³-hybridized carbons (Fsp3) is 0.364. The van der Waals surface area contributed by atoms with E-state index in [-0.39, 0.29) is 29.4 Å². The van der Waals surface area contributed by atoms with E-state index >= 15 is 0 Å². The Morgan fingerprint density at radius 1 is 1.68 bits per heavy atom. The van der Waals surface area contributed by atoms with Crippen LogP contribution in [0.15, 0.2) is 12.3 Å². The van der Waals surface area contributed by atoms with E-state index in [9.17, 15) is 14.9 Å². The summed E-state index contributed by atoms with van der Waals surface area (Å²) in [7, 11) is 0. The van der Waals surface area contributed by atoms with Gasteiger partial charge in [-0.2, -0.15) is 5.26 Å². The normalized spacial score (nSPS) is 9.74. The summed E-state index contributed by atoms with van der Waals surface area (Å²) in [5.41, 5.74) is -0.334. The van der Waals surface area contributed by atoms with Gasteiger partial charge < -0.3 is 4.90 Å². The van der Waals surface area contributed by atoms with Crippen molar-refractivity contribution in [3.05, 3.63) is 33.1 Å². The Kier molecular flexibility index (Phi) is 5.21. The molecule has 8 heteroatoms. The monoisotopic (exact) mass is 282 g/mol. The highest BCUT2D eigenvalue weighted by Gasteiger charge is 2.21. The highest BCUT2D eigenvalue weighted by molar-refractivity contribution is 6.32. The first-order valence-corrected chi connectivity index (χ1v) is 5.85. The second-order valence-corrected chi connectivity index (χ2v) is 3.94. The lowest BCUT2D eigenvalue weighted by molar-refractivity contribution is -0.385. The van der Waals surface area contributed by atoms with Gasteiger partial charge in [-0.05, 0) is 6.92 Å². The summed E-state index contributed by atoms with van der Waals surface area (Å²) in [6.45, 7) is 2.36. The average molecular weight is 283 g/mol. The number of carbonyl (C=O) groups excluding carboxylic acids is 1. The number of rotatable bonds is 5. The molecule has 0 unspecified atom stereocenters. The summed E-state index contributed by atoms with van der Waals surface area (Å²) < 4.78 is 0. The lowest BCUT2D eigenvalue weighted by Gasteiger charge is -2.19. The van der Waals surface area contributed by atoms with Crippen LogP contribution in [0.1, 0.15) is 23.7 Å². The molecule has 1 rings (SSSR count). The smallest absolute Gasteiger partial charge is 0.288 e. The average Bonchev–Trinajstić information content (AvgIpc) is 2.39. The maximum absolute atomic E-state index is 12.1. The number of amides is 1. The number of carbonyl (C=O) groups is 1. The van der Waals surface area contributed by atoms with Gasteiger partial charge in [0.1, 0.15) is 11.3 Å². The van der Waals surface area contributed by atoms with Gasteiger partial charge >= 0.3 is 0 Å². The van der Waals surface area contributed by atoms with Gasteiger partial charge in [-0.25, -0.2) is 4.98 Å². The molecular formula is C11H11ClN4O3. The Bertz CT molecular complexity index is 541. The molecule has 1 heterocycles. The molecule has 1 aromatic rings. The van der Waals surface area contributed by atoms with Crippen LogP contribution >= 0.6 is 11.6 Å². The maximum Gasteiger partial charge on any atom is 0.288 e. The van der Waals surface area contributed by atoms with Crippen LogP contribution in [0.25, 0.3) is 0 Å². The topological polar surface area (TPSA) is 100 Å². The van der Waals surface area contributed by atoms with Gasteiger partial charge in [0.2, 0.25) is 0 Å². The van der Waals surface area contributed by atoms with E-state index in [1.165, 1.54) is 4.90 Å². The number of halogens is 1. The number of pyridine rings is 1. The first-order chi connectivity index (χ1) is 9.01. The first-order valence-electron chi connectivity index (χ1n) is 5.47. The predicted octanol–water partition coefficient (Wildman–Crippen LogP) is 2.02. The van der Waals surface area contributed by atoms with Crippen molar-refractivity contribution < 1.29 is 9.72 Å². The number of nitro groups is 1. The minimum atomic E-state index is -0.647. The molecule has 19 heavy (non-hydrogen) atoms. The van der Waals surface area contributed by atoms with Crippen molar-refractivity contribution in [3.63, 3.8) is 0 Å². The summed E-state index contributed by atoms with van der Waals surface area (Å²) in [5, 5.41) is 19.1. The van der Waals surface area contributed by atoms with Crippen molar-refractivity contribution in [1.82, 2.24) is 9.88 Å². The van der Waals surface area contributed by atoms with Crippen LogP contribution in [0.4, 0.5) is 5.69 Å². The first kappa shape index (κ1) is 14.9. The van der Waals surface area contributed by atoms with E-state index in [2.05, 4.69) is 4.98 Å². The molecule has 0 aromatic carbocycles. The third kappa shape index (κ3) is 3.63. The standard InChI is InChI=1S/C11H11ClN4O3/c1-2-15(5-3-4-13)11(17)9-6-8(16(18)19)7-14-10(9)12/h6-7H,2-3,5H2,1H3. The molecule has 7 nitrogen and oxygen atoms in total. The molecule has 0 aliphatic heterocycles. The van der Waals surface area contributed by atoms with Crippen LogP contribution in [0.3, 0.4) is 0 Å². The molecule has 0 bridgehead atoms. The minimum Gasteiger partial charge on any atom is -0.338 e. The highest BCUT2D eigenvalue weighted by atomic mass is 35.5. The summed E-state index contributed by atoms with van der Waals surface area (Å²) in [6.07, 6.45) is 1.17. The fourth-order valence-corrected chi connectivity index (χ4v) is 1.63. The summed E-state index contributed by atoms with van der Waals surface area (Å²) >= 11 is 5.78. The Hall–Kier alpha value is -2.20. The maximum atomic E-state index is 12.1. The second kappa shape index (κ2) is 6.66. The van der Waals surface area contributed by atoms with Crippen molar-refractivity contribution >= 4 is 23.2 Å². The molecule has 1 aromatic heterocycles. The zero-order valence-corrected chi connectivity index (χ0v) is 10.9. The van der Waals surface area contributed by atoms with Crippen LogP contribution in [0.2, 0.25) is 5.15 Å². The molecule has 0 N–H and O–H groups in total. The number of nitrogens with zero attached hydrogens (tertiary/aromatic N) is 4. The molecule has 0 saturated heterocycles. The molecule has 0 fully saturated rings. The molecule has 0 aliphatic rings. The second-order valence-electron chi connectivity index (χ2n) is 3.58. The van der Waals surface area contributed by atoms with Crippen molar-refractivity contribution in [2.24, 2.45) is 0 Å². The van der Waals surface area contributed by atoms with Gasteiger partial charge in [0.25, 0.3) is 11.6 Å². The Labute approximate surface area is 114 Å². The van der Waals surface area contributed by atoms with E-state index in [1.807, 2.05) is 6.07 Å². The van der Waals surface area contributed by atoms with Crippen molar-refractivity contribution in [1.29, 1.82) is 5.26 Å². The van der Waals surface area contributed by atoms with Gasteiger partial charge in [-0.3, -0.25) is 14.9 Å². The molecule has 0 atom stereocenters. The van der Waals surface area contributed by atoms with Crippen LogP contribution in [-0.4, -0.2) is 33.8 Å². The molecule has 0 spiro atoms. The molecule has 1 amide bonds. The van der Waals surface area contributed by atoms with Crippen molar-refractivity contribution in [2.75, 3.05) is 13.1 Å². The number of hydrogen-bond acceptors (Lipinski definition) is 5. The summed E-state index contributed by atoms with van der Waals surface area (Å²) in [4.78, 5) is 27.2. The molecule has 100 valence electrons. The number of nitriles is 1. The third-order valence-corrected chi connectivity index (χ3v) is 2.73. The van der Waals surface area contributed by atoms with Gasteiger partial charge in [-0.1, -0.05) is 11.6 Å². The third-order valence-electron chi connectivity index (χ3n) is 2.43. The number of aromatic nitrogens is 1. The Balaban J connectivity index is 3.06. The number of hydrogen-bond donors (Lipinski definition) is 0. The van der Waals surface area contributed by atoms with E-state index in [1.54, 1.807) is 6.92 Å². The van der Waals surface area contributed by atoms with Crippen LogP contribution in [0.5, 0.6) is 0 Å². The predicted molar refractivity (Wildman–Crippen MR) is 67.7 cm³/mol. The van der Waals surface area contributed by atoms with E-state index in [0.717, 1.165) is 12.3 Å². The van der Waals surface area contributed by atoms with Crippen molar-refractivity contribution in [3.8, 4) is 6.07 Å². The molecular weight excluding hydrogens is 272 g/mol. The Morgan fingerprint density at radius 3 is 2.89 bits per heavy atom. The lowest BCUT2D eigenvalue weighted by atomic mass is 10.2.